The summed E-state index contributed by atoms with van der Waals surface area (Å²) in [6, 6.07) is 5.35. The fourth-order valence-electron chi connectivity index (χ4n) is 2.66. The standard InChI is InChI=1S/C17H22N4O3/c1-4-18-17(22)19-16-14(10-5-6-10)20-21-15(16)11-7-8-12(23-2)13(9-11)24-3/h7-10H,4-6H2,1-3H3,(H,20,21)(H2,18,19,22). The van der Waals surface area contributed by atoms with Crippen molar-refractivity contribution in [3.63, 3.8) is 0 Å². The molecule has 1 heterocycles. The smallest absolute Gasteiger partial charge is 0.319 e. The molecular formula is C17H22N4O3. The van der Waals surface area contributed by atoms with E-state index in [1.807, 2.05) is 25.1 Å². The number of aromatic amines is 1. The number of aromatic nitrogens is 2. The van der Waals surface area contributed by atoms with Crippen molar-refractivity contribution in [1.29, 1.82) is 0 Å². The summed E-state index contributed by atoms with van der Waals surface area (Å²) < 4.78 is 10.6. The summed E-state index contributed by atoms with van der Waals surface area (Å²) in [5.41, 5.74) is 3.26. The van der Waals surface area contributed by atoms with Crippen molar-refractivity contribution in [2.75, 3.05) is 26.1 Å². The summed E-state index contributed by atoms with van der Waals surface area (Å²) in [6.07, 6.45) is 2.22. The van der Waals surface area contributed by atoms with Crippen molar-refractivity contribution in [3.8, 4) is 22.8 Å². The van der Waals surface area contributed by atoms with E-state index in [2.05, 4.69) is 20.8 Å². The van der Waals surface area contributed by atoms with Gasteiger partial charge in [-0.2, -0.15) is 5.10 Å². The molecule has 7 heteroatoms. The van der Waals surface area contributed by atoms with Crippen LogP contribution >= 0.6 is 0 Å². The molecule has 3 rings (SSSR count). The van der Waals surface area contributed by atoms with E-state index in [-0.39, 0.29) is 6.03 Å². The minimum Gasteiger partial charge on any atom is -0.493 e. The van der Waals surface area contributed by atoms with Crippen LogP contribution in [0.15, 0.2) is 18.2 Å². The summed E-state index contributed by atoms with van der Waals surface area (Å²) in [4.78, 5) is 12.0. The van der Waals surface area contributed by atoms with Crippen LogP contribution in [0.25, 0.3) is 11.3 Å². The number of ether oxygens (including phenoxy) is 2. The fraction of sp³-hybridized carbons (Fsp3) is 0.412. The number of nitrogens with one attached hydrogen (secondary N) is 3. The molecular weight excluding hydrogens is 308 g/mol. The molecule has 3 N–H and O–H groups in total. The zero-order chi connectivity index (χ0) is 17.1. The SMILES string of the molecule is CCNC(=O)Nc1c(-c2ccc(OC)c(OC)c2)n[nH]c1C1CC1. The molecule has 1 aliphatic carbocycles. The average molecular weight is 330 g/mol. The first-order valence-electron chi connectivity index (χ1n) is 8.03. The fourth-order valence-corrected chi connectivity index (χ4v) is 2.66. The lowest BCUT2D eigenvalue weighted by Gasteiger charge is -2.11. The molecule has 2 aromatic rings. The number of nitrogens with zero attached hydrogens (tertiary/aromatic N) is 1. The number of H-pyrrole nitrogens is 1. The third-order valence-electron chi connectivity index (χ3n) is 4.01. The molecule has 0 unspecified atom stereocenters. The Hall–Kier alpha value is -2.70. The molecule has 2 amide bonds. The Balaban J connectivity index is 1.99. The van der Waals surface area contributed by atoms with E-state index in [4.69, 9.17) is 9.47 Å². The molecule has 1 aromatic carbocycles. The normalized spacial score (nSPS) is 13.5. The molecule has 0 atom stereocenters. The van der Waals surface area contributed by atoms with Crippen LogP contribution in [-0.2, 0) is 0 Å². The lowest BCUT2D eigenvalue weighted by molar-refractivity contribution is 0.252. The number of carbonyl (C=O) groups is 1. The molecule has 7 nitrogen and oxygen atoms in total. The monoisotopic (exact) mass is 330 g/mol. The third-order valence-corrected chi connectivity index (χ3v) is 4.01. The second-order valence-corrected chi connectivity index (χ2v) is 5.69. The highest BCUT2D eigenvalue weighted by molar-refractivity contribution is 5.95. The maximum atomic E-state index is 12.0. The van der Waals surface area contributed by atoms with Gasteiger partial charge < -0.3 is 20.1 Å². The van der Waals surface area contributed by atoms with Gasteiger partial charge in [0.05, 0.1) is 25.6 Å². The van der Waals surface area contributed by atoms with Crippen molar-refractivity contribution in [2.45, 2.75) is 25.7 Å². The first-order chi connectivity index (χ1) is 11.7. The number of amides is 2. The highest BCUT2D eigenvalue weighted by atomic mass is 16.5. The van der Waals surface area contributed by atoms with Crippen LogP contribution in [0.3, 0.4) is 0 Å². The van der Waals surface area contributed by atoms with Gasteiger partial charge in [-0.05, 0) is 38.0 Å². The Morgan fingerprint density at radius 1 is 1.29 bits per heavy atom. The van der Waals surface area contributed by atoms with Crippen LogP contribution in [0.1, 0.15) is 31.4 Å². The lowest BCUT2D eigenvalue weighted by Crippen LogP contribution is -2.28. The van der Waals surface area contributed by atoms with Crippen molar-refractivity contribution < 1.29 is 14.3 Å². The van der Waals surface area contributed by atoms with Gasteiger partial charge in [-0.1, -0.05) is 0 Å². The molecule has 0 aliphatic heterocycles. The molecule has 24 heavy (non-hydrogen) atoms. The first kappa shape index (κ1) is 16.2. The van der Waals surface area contributed by atoms with E-state index in [0.29, 0.717) is 29.7 Å². The van der Waals surface area contributed by atoms with Gasteiger partial charge in [0.15, 0.2) is 11.5 Å². The zero-order valence-electron chi connectivity index (χ0n) is 14.1. The molecule has 0 spiro atoms. The number of urea groups is 1. The van der Waals surface area contributed by atoms with E-state index in [1.54, 1.807) is 14.2 Å². The Labute approximate surface area is 140 Å². The van der Waals surface area contributed by atoms with E-state index < -0.39 is 0 Å². The Kier molecular flexibility index (Phi) is 4.59. The van der Waals surface area contributed by atoms with Crippen LogP contribution in [0.4, 0.5) is 10.5 Å². The van der Waals surface area contributed by atoms with E-state index in [9.17, 15) is 4.79 Å². The first-order valence-corrected chi connectivity index (χ1v) is 8.03. The van der Waals surface area contributed by atoms with Gasteiger partial charge in [-0.3, -0.25) is 5.10 Å². The van der Waals surface area contributed by atoms with Crippen LogP contribution < -0.4 is 20.1 Å². The number of rotatable bonds is 6. The van der Waals surface area contributed by atoms with E-state index >= 15 is 0 Å². The van der Waals surface area contributed by atoms with Gasteiger partial charge >= 0.3 is 6.03 Å². The highest BCUT2D eigenvalue weighted by Gasteiger charge is 2.31. The van der Waals surface area contributed by atoms with E-state index in [0.717, 1.165) is 29.8 Å². The van der Waals surface area contributed by atoms with Crippen molar-refractivity contribution in [2.24, 2.45) is 0 Å². The third kappa shape index (κ3) is 3.15. The molecule has 0 bridgehead atoms. The summed E-state index contributed by atoms with van der Waals surface area (Å²) in [7, 11) is 3.19. The molecule has 128 valence electrons. The van der Waals surface area contributed by atoms with Crippen LogP contribution in [0, 0.1) is 0 Å². The Morgan fingerprint density at radius 2 is 2.04 bits per heavy atom. The molecule has 1 aliphatic rings. The number of methoxy groups -OCH3 is 2. The maximum absolute atomic E-state index is 12.0. The molecule has 1 fully saturated rings. The summed E-state index contributed by atoms with van der Waals surface area (Å²) in [6.45, 7) is 2.44. The van der Waals surface area contributed by atoms with Gasteiger partial charge in [0.2, 0.25) is 0 Å². The van der Waals surface area contributed by atoms with Crippen molar-refractivity contribution in [1.82, 2.24) is 15.5 Å². The number of hydrogen-bond donors (Lipinski definition) is 3. The molecule has 1 aromatic heterocycles. The van der Waals surface area contributed by atoms with Gasteiger partial charge in [0, 0.05) is 18.0 Å². The van der Waals surface area contributed by atoms with Gasteiger partial charge in [-0.25, -0.2) is 4.79 Å². The number of carbonyl (C=O) groups excluding carboxylic acids is 1. The van der Waals surface area contributed by atoms with Crippen molar-refractivity contribution in [3.05, 3.63) is 23.9 Å². The zero-order valence-corrected chi connectivity index (χ0v) is 14.1. The Bertz CT molecular complexity index is 737. The average Bonchev–Trinajstić information content (AvgIpc) is 3.35. The number of benzene rings is 1. The summed E-state index contributed by atoms with van der Waals surface area (Å²) in [5, 5.41) is 13.2. The van der Waals surface area contributed by atoms with E-state index in [1.165, 1.54) is 0 Å². The van der Waals surface area contributed by atoms with Crippen LogP contribution in [0.2, 0.25) is 0 Å². The molecule has 0 saturated heterocycles. The summed E-state index contributed by atoms with van der Waals surface area (Å²) >= 11 is 0. The Morgan fingerprint density at radius 3 is 2.67 bits per heavy atom. The predicted molar refractivity (Wildman–Crippen MR) is 91.8 cm³/mol. The van der Waals surface area contributed by atoms with Gasteiger partial charge in [-0.15, -0.1) is 0 Å². The van der Waals surface area contributed by atoms with Gasteiger partial charge in [0.25, 0.3) is 0 Å². The predicted octanol–water partition coefficient (Wildman–Crippen LogP) is 3.11. The van der Waals surface area contributed by atoms with Gasteiger partial charge in [0.1, 0.15) is 5.69 Å². The highest BCUT2D eigenvalue weighted by Crippen LogP contribution is 2.45. The molecule has 0 radical (unpaired) electrons. The second kappa shape index (κ2) is 6.82. The lowest BCUT2D eigenvalue weighted by atomic mass is 10.1. The number of anilines is 1. The van der Waals surface area contributed by atoms with Crippen molar-refractivity contribution >= 4 is 11.7 Å². The summed E-state index contributed by atoms with van der Waals surface area (Å²) in [5.74, 6) is 1.70. The van der Waals surface area contributed by atoms with Crippen LogP contribution in [0.5, 0.6) is 11.5 Å². The maximum Gasteiger partial charge on any atom is 0.319 e. The minimum atomic E-state index is -0.234. The quantitative estimate of drug-likeness (QED) is 0.759. The topological polar surface area (TPSA) is 88.3 Å². The van der Waals surface area contributed by atoms with Crippen LogP contribution in [-0.4, -0.2) is 37.0 Å². The minimum absolute atomic E-state index is 0.234. The number of hydrogen-bond acceptors (Lipinski definition) is 4. The largest absolute Gasteiger partial charge is 0.493 e. The second-order valence-electron chi connectivity index (χ2n) is 5.69. The molecule has 1 saturated carbocycles.